The topological polar surface area (TPSA) is 64.4 Å². The summed E-state index contributed by atoms with van der Waals surface area (Å²) in [4.78, 5) is 12.1. The SMILES string of the molecule is CC1Cc2cc(-c3cc(CNC(=O)c4ccccc4)no3)ccc2O1. The second-order valence-corrected chi connectivity index (χ2v) is 6.19. The number of carbonyl (C=O) groups excluding carboxylic acids is 1. The summed E-state index contributed by atoms with van der Waals surface area (Å²) < 4.78 is 11.1. The second kappa shape index (κ2) is 6.43. The molecule has 25 heavy (non-hydrogen) atoms. The molecule has 1 N–H and O–H groups in total. The molecule has 0 fully saturated rings. The Morgan fingerprint density at radius 2 is 2.04 bits per heavy atom. The van der Waals surface area contributed by atoms with Crippen molar-refractivity contribution in [3.63, 3.8) is 0 Å². The summed E-state index contributed by atoms with van der Waals surface area (Å²) in [5, 5.41) is 6.89. The van der Waals surface area contributed by atoms with Gasteiger partial charge >= 0.3 is 0 Å². The number of ether oxygens (including phenoxy) is 1. The Labute approximate surface area is 145 Å². The highest BCUT2D eigenvalue weighted by Crippen LogP contribution is 2.33. The van der Waals surface area contributed by atoms with E-state index in [-0.39, 0.29) is 12.0 Å². The molecule has 1 atom stereocenters. The zero-order chi connectivity index (χ0) is 17.2. The number of carbonyl (C=O) groups is 1. The monoisotopic (exact) mass is 334 g/mol. The van der Waals surface area contributed by atoms with E-state index < -0.39 is 0 Å². The van der Waals surface area contributed by atoms with Crippen LogP contribution in [0.15, 0.2) is 59.1 Å². The predicted octanol–water partition coefficient (Wildman–Crippen LogP) is 3.60. The average Bonchev–Trinajstić information content (AvgIpc) is 3.25. The Balaban J connectivity index is 1.44. The third kappa shape index (κ3) is 3.26. The number of hydrogen-bond acceptors (Lipinski definition) is 4. The van der Waals surface area contributed by atoms with Crippen molar-refractivity contribution in [2.75, 3.05) is 0 Å². The van der Waals surface area contributed by atoms with Gasteiger partial charge in [0.25, 0.3) is 5.91 Å². The molecule has 3 aromatic rings. The Kier molecular flexibility index (Phi) is 3.98. The van der Waals surface area contributed by atoms with Crippen LogP contribution in [0.5, 0.6) is 5.75 Å². The van der Waals surface area contributed by atoms with E-state index in [0.29, 0.717) is 23.6 Å². The standard InChI is InChI=1S/C20H18N2O3/c1-13-9-16-10-15(7-8-18(16)24-13)19-11-17(22-25-19)12-21-20(23)14-5-3-2-4-6-14/h2-8,10-11,13H,9,12H2,1H3,(H,21,23). The van der Waals surface area contributed by atoms with Crippen molar-refractivity contribution in [2.24, 2.45) is 0 Å². The third-order valence-corrected chi connectivity index (χ3v) is 4.21. The van der Waals surface area contributed by atoms with E-state index in [1.54, 1.807) is 12.1 Å². The fraction of sp³-hybridized carbons (Fsp3) is 0.200. The summed E-state index contributed by atoms with van der Waals surface area (Å²) in [6.45, 7) is 2.38. The van der Waals surface area contributed by atoms with Crippen molar-refractivity contribution < 1.29 is 14.1 Å². The molecule has 0 aliphatic carbocycles. The van der Waals surface area contributed by atoms with Gasteiger partial charge in [-0.2, -0.15) is 0 Å². The molecule has 5 nitrogen and oxygen atoms in total. The minimum Gasteiger partial charge on any atom is -0.490 e. The molecule has 126 valence electrons. The Hall–Kier alpha value is -3.08. The van der Waals surface area contributed by atoms with Gasteiger partial charge in [0.15, 0.2) is 5.76 Å². The van der Waals surface area contributed by atoms with Crippen LogP contribution in [0.4, 0.5) is 0 Å². The number of amides is 1. The smallest absolute Gasteiger partial charge is 0.251 e. The van der Waals surface area contributed by atoms with E-state index in [0.717, 1.165) is 17.7 Å². The maximum atomic E-state index is 12.1. The van der Waals surface area contributed by atoms with Crippen LogP contribution in [0.2, 0.25) is 0 Å². The number of nitrogens with zero attached hydrogens (tertiary/aromatic N) is 1. The largest absolute Gasteiger partial charge is 0.490 e. The molecule has 1 unspecified atom stereocenters. The number of aromatic nitrogens is 1. The molecular formula is C20H18N2O3. The van der Waals surface area contributed by atoms with Gasteiger partial charge in [-0.05, 0) is 42.8 Å². The van der Waals surface area contributed by atoms with Crippen molar-refractivity contribution in [3.8, 4) is 17.1 Å². The summed E-state index contributed by atoms with van der Waals surface area (Å²) in [6, 6.07) is 17.0. The Morgan fingerprint density at radius 3 is 2.88 bits per heavy atom. The molecule has 2 aromatic carbocycles. The molecule has 0 saturated carbocycles. The zero-order valence-electron chi connectivity index (χ0n) is 13.9. The summed E-state index contributed by atoms with van der Waals surface area (Å²) in [5.74, 6) is 1.49. The van der Waals surface area contributed by atoms with Gasteiger partial charge < -0.3 is 14.6 Å². The summed E-state index contributed by atoms with van der Waals surface area (Å²) >= 11 is 0. The molecule has 1 amide bonds. The first-order valence-electron chi connectivity index (χ1n) is 8.28. The first-order valence-corrected chi connectivity index (χ1v) is 8.28. The van der Waals surface area contributed by atoms with Crippen LogP contribution < -0.4 is 10.1 Å². The van der Waals surface area contributed by atoms with Crippen LogP contribution >= 0.6 is 0 Å². The van der Waals surface area contributed by atoms with Gasteiger partial charge in [-0.15, -0.1) is 0 Å². The van der Waals surface area contributed by atoms with Gasteiger partial charge in [-0.25, -0.2) is 0 Å². The molecule has 1 aliphatic heterocycles. The lowest BCUT2D eigenvalue weighted by molar-refractivity contribution is 0.0950. The third-order valence-electron chi connectivity index (χ3n) is 4.21. The molecule has 5 heteroatoms. The minimum atomic E-state index is -0.131. The van der Waals surface area contributed by atoms with Crippen LogP contribution in [-0.4, -0.2) is 17.2 Å². The lowest BCUT2D eigenvalue weighted by Crippen LogP contribution is -2.22. The lowest BCUT2D eigenvalue weighted by Gasteiger charge is -2.02. The Bertz CT molecular complexity index is 902. The van der Waals surface area contributed by atoms with Crippen LogP contribution in [0.3, 0.4) is 0 Å². The molecular weight excluding hydrogens is 316 g/mol. The maximum absolute atomic E-state index is 12.1. The lowest BCUT2D eigenvalue weighted by atomic mass is 10.1. The van der Waals surface area contributed by atoms with Crippen LogP contribution in [-0.2, 0) is 13.0 Å². The molecule has 1 aliphatic rings. The minimum absolute atomic E-state index is 0.131. The first-order chi connectivity index (χ1) is 12.2. The molecule has 0 saturated heterocycles. The molecule has 0 radical (unpaired) electrons. The van der Waals surface area contributed by atoms with E-state index in [2.05, 4.69) is 23.5 Å². The average molecular weight is 334 g/mol. The second-order valence-electron chi connectivity index (χ2n) is 6.19. The molecule has 4 rings (SSSR count). The van der Waals surface area contributed by atoms with Crippen LogP contribution in [0, 0.1) is 0 Å². The predicted molar refractivity (Wildman–Crippen MR) is 93.3 cm³/mol. The molecule has 0 spiro atoms. The fourth-order valence-corrected chi connectivity index (χ4v) is 2.97. The Morgan fingerprint density at radius 1 is 1.20 bits per heavy atom. The van der Waals surface area contributed by atoms with Gasteiger partial charge in [-0.1, -0.05) is 23.4 Å². The molecule has 0 bridgehead atoms. The summed E-state index contributed by atoms with van der Waals surface area (Å²) in [7, 11) is 0. The molecule has 2 heterocycles. The van der Waals surface area contributed by atoms with Gasteiger partial charge in [0.1, 0.15) is 17.5 Å². The number of benzene rings is 2. The fourth-order valence-electron chi connectivity index (χ4n) is 2.97. The highest BCUT2D eigenvalue weighted by atomic mass is 16.5. The normalized spacial score (nSPS) is 15.5. The number of rotatable bonds is 4. The number of hydrogen-bond donors (Lipinski definition) is 1. The number of nitrogens with one attached hydrogen (secondary N) is 1. The van der Waals surface area contributed by atoms with Crippen molar-refractivity contribution in [3.05, 3.63) is 71.4 Å². The van der Waals surface area contributed by atoms with E-state index in [9.17, 15) is 4.79 Å². The van der Waals surface area contributed by atoms with Crippen molar-refractivity contribution >= 4 is 5.91 Å². The summed E-state index contributed by atoms with van der Waals surface area (Å²) in [5.41, 5.74) is 3.45. The van der Waals surface area contributed by atoms with E-state index in [4.69, 9.17) is 9.26 Å². The zero-order valence-corrected chi connectivity index (χ0v) is 13.9. The molecule has 1 aromatic heterocycles. The number of fused-ring (bicyclic) bond motifs is 1. The van der Waals surface area contributed by atoms with Crippen molar-refractivity contribution in [2.45, 2.75) is 26.0 Å². The highest BCUT2D eigenvalue weighted by Gasteiger charge is 2.20. The maximum Gasteiger partial charge on any atom is 0.251 e. The van der Waals surface area contributed by atoms with Crippen LogP contribution in [0.25, 0.3) is 11.3 Å². The van der Waals surface area contributed by atoms with E-state index in [1.807, 2.05) is 36.4 Å². The van der Waals surface area contributed by atoms with Gasteiger partial charge in [0.05, 0.1) is 6.54 Å². The summed E-state index contributed by atoms with van der Waals surface area (Å²) in [6.07, 6.45) is 1.11. The van der Waals surface area contributed by atoms with Gasteiger partial charge in [0.2, 0.25) is 0 Å². The van der Waals surface area contributed by atoms with Crippen molar-refractivity contribution in [1.82, 2.24) is 10.5 Å². The first kappa shape index (κ1) is 15.4. The quantitative estimate of drug-likeness (QED) is 0.792. The van der Waals surface area contributed by atoms with E-state index in [1.165, 1.54) is 5.56 Å². The van der Waals surface area contributed by atoms with Crippen molar-refractivity contribution in [1.29, 1.82) is 0 Å². The van der Waals surface area contributed by atoms with Gasteiger partial charge in [0, 0.05) is 23.6 Å². The van der Waals surface area contributed by atoms with E-state index >= 15 is 0 Å². The van der Waals surface area contributed by atoms with Crippen LogP contribution in [0.1, 0.15) is 28.5 Å². The van der Waals surface area contributed by atoms with Gasteiger partial charge in [-0.3, -0.25) is 4.79 Å². The highest BCUT2D eigenvalue weighted by molar-refractivity contribution is 5.94.